The second kappa shape index (κ2) is 10.1. The highest BCUT2D eigenvalue weighted by molar-refractivity contribution is 5.76. The fourth-order valence-electron chi connectivity index (χ4n) is 3.49. The molecule has 0 amide bonds. The molecule has 0 spiro atoms. The molecule has 2 unspecified atom stereocenters. The van der Waals surface area contributed by atoms with Crippen LogP contribution < -0.4 is 0 Å². The molecule has 0 bridgehead atoms. The molecule has 2 aliphatic heterocycles. The van der Waals surface area contributed by atoms with Gasteiger partial charge in [0.25, 0.3) is 5.97 Å². The Labute approximate surface area is 181 Å². The number of ether oxygens (including phenoxy) is 7. The predicted octanol–water partition coefficient (Wildman–Crippen LogP) is 2.16. The van der Waals surface area contributed by atoms with E-state index in [0.29, 0.717) is 6.61 Å². The highest BCUT2D eigenvalue weighted by Crippen LogP contribution is 2.40. The maximum atomic E-state index is 12.4. The average molecular weight is 438 g/mol. The maximum absolute atomic E-state index is 12.4. The molecule has 2 heterocycles. The van der Waals surface area contributed by atoms with E-state index in [1.54, 1.807) is 6.92 Å². The van der Waals surface area contributed by atoms with Crippen molar-refractivity contribution in [1.82, 2.24) is 0 Å². The molecule has 9 heteroatoms. The van der Waals surface area contributed by atoms with Crippen LogP contribution in [0.5, 0.6) is 0 Å². The van der Waals surface area contributed by atoms with E-state index < -0.39 is 48.6 Å². The molecule has 9 nitrogen and oxygen atoms in total. The Kier molecular flexibility index (Phi) is 7.66. The highest BCUT2D eigenvalue weighted by Gasteiger charge is 2.60. The molecule has 172 valence electrons. The number of benzene rings is 1. The molecule has 1 aromatic carbocycles. The summed E-state index contributed by atoms with van der Waals surface area (Å²) in [6.07, 6.45) is -4.98. The van der Waals surface area contributed by atoms with Gasteiger partial charge in [-0.05, 0) is 11.5 Å². The van der Waals surface area contributed by atoms with Crippen LogP contribution in [0.4, 0.5) is 0 Å². The lowest BCUT2D eigenvalue weighted by Gasteiger charge is -2.40. The molecule has 3 rings (SSSR count). The van der Waals surface area contributed by atoms with Gasteiger partial charge in [0.15, 0.2) is 18.5 Å². The molecule has 0 N–H and O–H groups in total. The molecule has 2 aliphatic rings. The van der Waals surface area contributed by atoms with Crippen molar-refractivity contribution in [2.24, 2.45) is 5.92 Å². The molecule has 0 aromatic heterocycles. The van der Waals surface area contributed by atoms with Gasteiger partial charge in [-0.2, -0.15) is 0 Å². The Morgan fingerprint density at radius 1 is 1.13 bits per heavy atom. The van der Waals surface area contributed by atoms with Gasteiger partial charge in [0, 0.05) is 13.8 Å². The third-order valence-corrected chi connectivity index (χ3v) is 4.88. The van der Waals surface area contributed by atoms with Gasteiger partial charge in [-0.25, -0.2) is 4.79 Å². The van der Waals surface area contributed by atoms with Crippen molar-refractivity contribution < 1.29 is 42.7 Å². The van der Waals surface area contributed by atoms with Crippen LogP contribution in [0.15, 0.2) is 30.3 Å². The van der Waals surface area contributed by atoms with Crippen molar-refractivity contribution in [2.75, 3.05) is 13.7 Å². The standard InChI is InChI=1S/C22H30O9/c1-13(2)11-27-22(4)30-19-16(26-12-15-9-7-6-8-10-15)17(28-14(3)23)18(20(24)25-5)29-21(19)31-22/h6-10,13,16-19,21H,11-12H2,1-5H3/t16-,17+,18-,19+,21?,22?/m1/s1. The molecule has 2 saturated heterocycles. The van der Waals surface area contributed by atoms with Crippen molar-refractivity contribution in [1.29, 1.82) is 0 Å². The Balaban J connectivity index is 1.87. The Bertz CT molecular complexity index is 753. The van der Waals surface area contributed by atoms with Gasteiger partial charge in [0.05, 0.1) is 20.3 Å². The van der Waals surface area contributed by atoms with E-state index in [9.17, 15) is 9.59 Å². The lowest BCUT2D eigenvalue weighted by atomic mass is 9.98. The molecule has 2 fully saturated rings. The minimum atomic E-state index is -1.40. The maximum Gasteiger partial charge on any atom is 0.339 e. The Hall–Kier alpha value is -2.04. The van der Waals surface area contributed by atoms with E-state index in [1.807, 2.05) is 44.2 Å². The van der Waals surface area contributed by atoms with Crippen LogP contribution in [-0.2, 0) is 49.4 Å². The third kappa shape index (κ3) is 5.81. The van der Waals surface area contributed by atoms with Gasteiger partial charge >= 0.3 is 11.9 Å². The fraction of sp³-hybridized carbons (Fsp3) is 0.636. The topological polar surface area (TPSA) is 98.8 Å². The second-order valence-corrected chi connectivity index (χ2v) is 8.05. The van der Waals surface area contributed by atoms with E-state index in [1.165, 1.54) is 14.0 Å². The fourth-order valence-corrected chi connectivity index (χ4v) is 3.49. The lowest BCUT2D eigenvalue weighted by Crippen LogP contribution is -2.61. The van der Waals surface area contributed by atoms with Crippen LogP contribution in [-0.4, -0.2) is 62.3 Å². The predicted molar refractivity (Wildman–Crippen MR) is 106 cm³/mol. The normalized spacial score (nSPS) is 32.5. The largest absolute Gasteiger partial charge is 0.467 e. The summed E-state index contributed by atoms with van der Waals surface area (Å²) < 4.78 is 39.9. The SMILES string of the molecule is COC(=O)[C@@H]1OC2OC(C)(OCC(C)C)O[C@H]2[C@H](OCc2ccccc2)[C@@H]1OC(C)=O. The number of methoxy groups -OCH3 is 1. The summed E-state index contributed by atoms with van der Waals surface area (Å²) in [5, 5.41) is 0. The van der Waals surface area contributed by atoms with Gasteiger partial charge in [-0.1, -0.05) is 44.2 Å². The summed E-state index contributed by atoms with van der Waals surface area (Å²) in [6, 6.07) is 9.47. The zero-order valence-electron chi connectivity index (χ0n) is 18.4. The van der Waals surface area contributed by atoms with Crippen LogP contribution in [0.1, 0.15) is 33.3 Å². The number of hydrogen-bond acceptors (Lipinski definition) is 9. The first kappa shape index (κ1) is 23.6. The first-order valence-electron chi connectivity index (χ1n) is 10.3. The average Bonchev–Trinajstić information content (AvgIpc) is 3.07. The minimum Gasteiger partial charge on any atom is -0.467 e. The number of esters is 2. The lowest BCUT2D eigenvalue weighted by molar-refractivity contribution is -0.345. The van der Waals surface area contributed by atoms with Gasteiger partial charge in [-0.3, -0.25) is 9.53 Å². The number of carbonyl (C=O) groups excluding carboxylic acids is 2. The van der Waals surface area contributed by atoms with E-state index in [-0.39, 0.29) is 12.5 Å². The van der Waals surface area contributed by atoms with Crippen LogP contribution in [0.25, 0.3) is 0 Å². The summed E-state index contributed by atoms with van der Waals surface area (Å²) >= 11 is 0. The van der Waals surface area contributed by atoms with Gasteiger partial charge < -0.3 is 28.4 Å². The minimum absolute atomic E-state index is 0.202. The van der Waals surface area contributed by atoms with Crippen molar-refractivity contribution in [3.63, 3.8) is 0 Å². The Morgan fingerprint density at radius 2 is 1.84 bits per heavy atom. The van der Waals surface area contributed by atoms with Crippen molar-refractivity contribution in [2.45, 2.75) is 71.0 Å². The molecule has 31 heavy (non-hydrogen) atoms. The van der Waals surface area contributed by atoms with Crippen molar-refractivity contribution in [3.8, 4) is 0 Å². The number of rotatable bonds is 8. The monoisotopic (exact) mass is 438 g/mol. The van der Waals surface area contributed by atoms with Crippen LogP contribution in [0.3, 0.4) is 0 Å². The van der Waals surface area contributed by atoms with Gasteiger partial charge in [0.1, 0.15) is 12.2 Å². The van der Waals surface area contributed by atoms with Gasteiger partial charge in [-0.15, -0.1) is 0 Å². The quantitative estimate of drug-likeness (QED) is 0.565. The zero-order chi connectivity index (χ0) is 22.6. The number of carbonyl (C=O) groups is 2. The molecule has 0 aliphatic carbocycles. The van der Waals surface area contributed by atoms with Crippen LogP contribution >= 0.6 is 0 Å². The van der Waals surface area contributed by atoms with E-state index in [0.717, 1.165) is 5.56 Å². The van der Waals surface area contributed by atoms with E-state index in [4.69, 9.17) is 33.2 Å². The summed E-state index contributed by atoms with van der Waals surface area (Å²) in [7, 11) is 1.23. The molecule has 6 atom stereocenters. The van der Waals surface area contributed by atoms with Crippen molar-refractivity contribution >= 4 is 11.9 Å². The Morgan fingerprint density at radius 3 is 2.45 bits per heavy atom. The smallest absolute Gasteiger partial charge is 0.339 e. The number of fused-ring (bicyclic) bond motifs is 1. The van der Waals surface area contributed by atoms with Crippen LogP contribution in [0.2, 0.25) is 0 Å². The van der Waals surface area contributed by atoms with E-state index >= 15 is 0 Å². The first-order valence-corrected chi connectivity index (χ1v) is 10.3. The number of hydrogen-bond donors (Lipinski definition) is 0. The zero-order valence-corrected chi connectivity index (χ0v) is 18.4. The summed E-state index contributed by atoms with van der Waals surface area (Å²) in [4.78, 5) is 24.2. The second-order valence-electron chi connectivity index (χ2n) is 8.05. The molecular weight excluding hydrogens is 408 g/mol. The van der Waals surface area contributed by atoms with Crippen molar-refractivity contribution in [3.05, 3.63) is 35.9 Å². The highest BCUT2D eigenvalue weighted by atomic mass is 16.9. The summed E-state index contributed by atoms with van der Waals surface area (Å²) in [5.74, 6) is -2.46. The third-order valence-electron chi connectivity index (χ3n) is 4.88. The molecule has 0 saturated carbocycles. The van der Waals surface area contributed by atoms with E-state index in [2.05, 4.69) is 0 Å². The van der Waals surface area contributed by atoms with Gasteiger partial charge in [0.2, 0.25) is 0 Å². The molecule has 1 aromatic rings. The molecular formula is C22H30O9. The molecule has 0 radical (unpaired) electrons. The summed E-state index contributed by atoms with van der Waals surface area (Å²) in [6.45, 7) is 7.46. The summed E-state index contributed by atoms with van der Waals surface area (Å²) in [5.41, 5.74) is 0.902. The van der Waals surface area contributed by atoms with Crippen LogP contribution in [0, 0.1) is 5.92 Å². The first-order chi connectivity index (χ1) is 14.7.